The number of benzene rings is 1. The van der Waals surface area contributed by atoms with Crippen molar-refractivity contribution in [1.29, 1.82) is 0 Å². The van der Waals surface area contributed by atoms with Crippen molar-refractivity contribution < 1.29 is 4.79 Å². The first-order chi connectivity index (χ1) is 7.34. The highest BCUT2D eigenvalue weighted by Gasteiger charge is 2.04. The topological polar surface area (TPSA) is 30.0 Å². The average molecular weight is 195 g/mol. The van der Waals surface area contributed by atoms with Gasteiger partial charge in [0, 0.05) is 29.3 Å². The van der Waals surface area contributed by atoms with Crippen LogP contribution in [0.15, 0.2) is 30.5 Å². The molecular formula is C13H9NO. The quantitative estimate of drug-likeness (QED) is 0.621. The fraction of sp³-hybridized carbons (Fsp3) is 0.0769. The fourth-order valence-electron chi connectivity index (χ4n) is 1.95. The Balaban J connectivity index is 2.56. The Kier molecular flexibility index (Phi) is 1.68. The summed E-state index contributed by atoms with van der Waals surface area (Å²) in [7, 11) is 0. The van der Waals surface area contributed by atoms with Crippen LogP contribution in [0.25, 0.3) is 22.9 Å². The molecule has 0 bridgehead atoms. The van der Waals surface area contributed by atoms with E-state index < -0.39 is 0 Å². The molecular weight excluding hydrogens is 186 g/mol. The molecule has 0 radical (unpaired) electrons. The van der Waals surface area contributed by atoms with Gasteiger partial charge in [-0.15, -0.1) is 0 Å². The van der Waals surface area contributed by atoms with Gasteiger partial charge in [0.05, 0.1) is 5.35 Å². The van der Waals surface area contributed by atoms with Crippen LogP contribution in [0.1, 0.15) is 6.42 Å². The van der Waals surface area contributed by atoms with Crippen LogP contribution >= 0.6 is 0 Å². The molecule has 0 unspecified atom stereocenters. The summed E-state index contributed by atoms with van der Waals surface area (Å²) in [5.74, 6) is 0.130. The monoisotopic (exact) mass is 195 g/mol. The number of rotatable bonds is 0. The molecule has 3 rings (SSSR count). The summed E-state index contributed by atoms with van der Waals surface area (Å²) in [6, 6.07) is 8.10. The predicted molar refractivity (Wildman–Crippen MR) is 59.5 cm³/mol. The van der Waals surface area contributed by atoms with Crippen LogP contribution in [0.3, 0.4) is 0 Å². The standard InChI is InChI=1S/C13H9NO/c15-10-5-6-12-11-4-2-1-3-9(11)8-14-13(12)7-10/h1-4,6-8H,5H2. The lowest BCUT2D eigenvalue weighted by Crippen LogP contribution is -2.32. The van der Waals surface area contributed by atoms with Crippen LogP contribution in [-0.2, 0) is 4.79 Å². The molecule has 1 aromatic heterocycles. The van der Waals surface area contributed by atoms with E-state index in [1.54, 1.807) is 6.08 Å². The molecule has 0 saturated heterocycles. The van der Waals surface area contributed by atoms with Crippen molar-refractivity contribution in [3.8, 4) is 0 Å². The first kappa shape index (κ1) is 8.36. The summed E-state index contributed by atoms with van der Waals surface area (Å²) in [4.78, 5) is 15.5. The van der Waals surface area contributed by atoms with E-state index in [0.717, 1.165) is 16.0 Å². The summed E-state index contributed by atoms with van der Waals surface area (Å²) in [6.45, 7) is 0. The van der Waals surface area contributed by atoms with E-state index in [4.69, 9.17) is 0 Å². The summed E-state index contributed by atoms with van der Waals surface area (Å²) < 4.78 is 0. The SMILES string of the molecule is O=C1C=c2ncc3ccccc3c2=CC1. The third-order valence-electron chi connectivity index (χ3n) is 2.67. The second-order valence-electron chi connectivity index (χ2n) is 3.66. The molecule has 0 N–H and O–H groups in total. The molecule has 2 nitrogen and oxygen atoms in total. The number of hydrogen-bond acceptors (Lipinski definition) is 2. The number of nitrogens with zero attached hydrogens (tertiary/aromatic N) is 1. The number of ketones is 1. The van der Waals surface area contributed by atoms with E-state index in [-0.39, 0.29) is 5.78 Å². The predicted octanol–water partition coefficient (Wildman–Crippen LogP) is 0.769. The molecule has 1 aliphatic carbocycles. The molecule has 0 atom stereocenters. The highest BCUT2D eigenvalue weighted by Crippen LogP contribution is 2.06. The van der Waals surface area contributed by atoms with Gasteiger partial charge in [0.2, 0.25) is 0 Å². The lowest BCUT2D eigenvalue weighted by atomic mass is 10.1. The van der Waals surface area contributed by atoms with Crippen LogP contribution in [0, 0.1) is 0 Å². The summed E-state index contributed by atoms with van der Waals surface area (Å²) in [5, 5.41) is 4.18. The molecule has 2 aromatic rings. The Morgan fingerprint density at radius 3 is 3.00 bits per heavy atom. The third-order valence-corrected chi connectivity index (χ3v) is 2.67. The van der Waals surface area contributed by atoms with Crippen molar-refractivity contribution in [3.63, 3.8) is 0 Å². The molecule has 0 aliphatic heterocycles. The number of pyridine rings is 1. The lowest BCUT2D eigenvalue weighted by Gasteiger charge is -2.02. The van der Waals surface area contributed by atoms with Gasteiger partial charge in [0.15, 0.2) is 5.78 Å². The van der Waals surface area contributed by atoms with Gasteiger partial charge in [-0.25, -0.2) is 0 Å². The maximum Gasteiger partial charge on any atom is 0.161 e. The van der Waals surface area contributed by atoms with E-state index in [2.05, 4.69) is 11.1 Å². The van der Waals surface area contributed by atoms with Gasteiger partial charge in [0.25, 0.3) is 0 Å². The van der Waals surface area contributed by atoms with Crippen molar-refractivity contribution in [1.82, 2.24) is 4.98 Å². The highest BCUT2D eigenvalue weighted by atomic mass is 16.1. The summed E-state index contributed by atoms with van der Waals surface area (Å²) in [5.41, 5.74) is 0. The van der Waals surface area contributed by atoms with Crippen LogP contribution < -0.4 is 10.6 Å². The molecule has 2 heteroatoms. The molecule has 72 valence electrons. The Morgan fingerprint density at radius 2 is 2.07 bits per heavy atom. The van der Waals surface area contributed by atoms with Crippen LogP contribution in [-0.4, -0.2) is 10.8 Å². The van der Waals surface area contributed by atoms with Gasteiger partial charge in [-0.1, -0.05) is 30.3 Å². The highest BCUT2D eigenvalue weighted by molar-refractivity contribution is 6.09. The zero-order chi connectivity index (χ0) is 10.3. The molecule has 1 aliphatic rings. The Bertz CT molecular complexity index is 670. The third kappa shape index (κ3) is 1.26. The number of Topliss-reactive ketones (excluding diaryl/α,β-unsaturated/α-hetero) is 1. The molecule has 0 saturated carbocycles. The second kappa shape index (κ2) is 3.02. The number of hydrogen-bond donors (Lipinski definition) is 0. The number of aromatic nitrogens is 1. The van der Waals surface area contributed by atoms with Gasteiger partial charge in [-0.05, 0) is 5.39 Å². The lowest BCUT2D eigenvalue weighted by molar-refractivity contribution is -0.112. The normalized spacial score (nSPS) is 14.3. The fourth-order valence-corrected chi connectivity index (χ4v) is 1.95. The van der Waals surface area contributed by atoms with Crippen molar-refractivity contribution in [3.05, 3.63) is 41.0 Å². The molecule has 1 aromatic carbocycles. The first-order valence-corrected chi connectivity index (χ1v) is 4.93. The number of carbonyl (C=O) groups excluding carboxylic acids is 1. The summed E-state index contributed by atoms with van der Waals surface area (Å²) >= 11 is 0. The number of fused-ring (bicyclic) bond motifs is 3. The summed E-state index contributed by atoms with van der Waals surface area (Å²) in [6.07, 6.45) is 5.90. The van der Waals surface area contributed by atoms with Gasteiger partial charge < -0.3 is 0 Å². The molecule has 0 amide bonds. The molecule has 15 heavy (non-hydrogen) atoms. The largest absolute Gasteiger partial charge is 0.294 e. The second-order valence-corrected chi connectivity index (χ2v) is 3.66. The Morgan fingerprint density at radius 1 is 1.20 bits per heavy atom. The maximum absolute atomic E-state index is 11.2. The van der Waals surface area contributed by atoms with Crippen molar-refractivity contribution >= 4 is 28.7 Å². The minimum atomic E-state index is 0.130. The van der Waals surface area contributed by atoms with Crippen LogP contribution in [0.2, 0.25) is 0 Å². The van der Waals surface area contributed by atoms with Gasteiger partial charge >= 0.3 is 0 Å². The van der Waals surface area contributed by atoms with Gasteiger partial charge in [-0.2, -0.15) is 0 Å². The van der Waals surface area contributed by atoms with Crippen molar-refractivity contribution in [2.24, 2.45) is 0 Å². The smallest absolute Gasteiger partial charge is 0.161 e. The van der Waals surface area contributed by atoms with Crippen molar-refractivity contribution in [2.45, 2.75) is 6.42 Å². The molecule has 0 spiro atoms. The van der Waals surface area contributed by atoms with Crippen LogP contribution in [0.5, 0.6) is 0 Å². The van der Waals surface area contributed by atoms with E-state index in [1.165, 1.54) is 5.39 Å². The van der Waals surface area contributed by atoms with E-state index in [9.17, 15) is 4.79 Å². The van der Waals surface area contributed by atoms with E-state index in [0.29, 0.717) is 6.42 Å². The average Bonchev–Trinajstić information content (AvgIpc) is 2.28. The Hall–Kier alpha value is -1.96. The first-order valence-electron chi connectivity index (χ1n) is 4.93. The zero-order valence-corrected chi connectivity index (χ0v) is 8.10. The van der Waals surface area contributed by atoms with Gasteiger partial charge in [0.1, 0.15) is 0 Å². The molecule has 1 heterocycles. The minimum Gasteiger partial charge on any atom is -0.294 e. The van der Waals surface area contributed by atoms with Crippen LogP contribution in [0.4, 0.5) is 0 Å². The Labute approximate surface area is 86.6 Å². The molecule has 0 fully saturated rings. The van der Waals surface area contributed by atoms with Gasteiger partial charge in [-0.3, -0.25) is 9.78 Å². The van der Waals surface area contributed by atoms with E-state index >= 15 is 0 Å². The minimum absolute atomic E-state index is 0.130. The maximum atomic E-state index is 11.2. The van der Waals surface area contributed by atoms with E-state index in [1.807, 2.05) is 30.5 Å². The van der Waals surface area contributed by atoms with Crippen molar-refractivity contribution in [2.75, 3.05) is 0 Å². The number of carbonyl (C=O) groups is 1. The zero-order valence-electron chi connectivity index (χ0n) is 8.10.